The van der Waals surface area contributed by atoms with Crippen molar-refractivity contribution in [2.45, 2.75) is 0 Å². The summed E-state index contributed by atoms with van der Waals surface area (Å²) in [5.74, 6) is 0. The Kier molecular flexibility index (Phi) is 5.33. The number of pyridine rings is 2. The van der Waals surface area contributed by atoms with Crippen molar-refractivity contribution in [1.82, 2.24) is 9.97 Å². The molecule has 0 saturated carbocycles. The average molecular weight is 651 g/mol. The van der Waals surface area contributed by atoms with Crippen LogP contribution < -0.4 is 0 Å². The largest absolute Gasteiger partial charge is 0.264 e. The summed E-state index contributed by atoms with van der Waals surface area (Å²) >= 11 is 5.66. The number of hydrogen-bond acceptors (Lipinski definition) is 5. The monoisotopic (exact) mass is 650 g/mol. The summed E-state index contributed by atoms with van der Waals surface area (Å²) in [5.41, 5.74) is 5.02. The van der Waals surface area contributed by atoms with Gasteiger partial charge in [0.15, 0.2) is 0 Å². The van der Waals surface area contributed by atoms with Crippen molar-refractivity contribution in [3.8, 4) is 22.3 Å². The minimum absolute atomic E-state index is 1.19. The summed E-state index contributed by atoms with van der Waals surface area (Å²) < 4.78 is 7.89. The second-order valence-electron chi connectivity index (χ2n) is 12.1. The Bertz CT molecular complexity index is 2880. The lowest BCUT2D eigenvalue weighted by Gasteiger charge is -2.12. The van der Waals surface area contributed by atoms with Gasteiger partial charge in [-0.3, -0.25) is 9.97 Å². The van der Waals surface area contributed by atoms with Gasteiger partial charge in [-0.25, -0.2) is 0 Å². The number of benzene rings is 6. The van der Waals surface area contributed by atoms with Crippen LogP contribution in [0.5, 0.6) is 0 Å². The summed E-state index contributed by atoms with van der Waals surface area (Å²) in [6.45, 7) is 0. The Balaban J connectivity index is 1.25. The van der Waals surface area contributed by atoms with Crippen molar-refractivity contribution in [3.63, 3.8) is 0 Å². The first-order valence-corrected chi connectivity index (χ1v) is 18.1. The Morgan fingerprint density at radius 2 is 0.809 bits per heavy atom. The molecule has 0 N–H and O–H groups in total. The first-order chi connectivity index (χ1) is 23.3. The molecule has 0 saturated heterocycles. The quantitative estimate of drug-likeness (QED) is 0.186. The van der Waals surface area contributed by atoms with E-state index in [1.54, 1.807) is 0 Å². The van der Waals surface area contributed by atoms with E-state index in [2.05, 4.69) is 132 Å². The Morgan fingerprint density at radius 3 is 1.32 bits per heavy atom. The SMILES string of the molecule is c1ccc2c(c1)sc1c(-c3cc4sc5cc(-c6cccc7c6sc6ccccc67)c6cnccc6c5c4c4ccncc34)cccc12. The lowest BCUT2D eigenvalue weighted by molar-refractivity contribution is 1.37. The molecule has 0 atom stereocenters. The molecule has 11 aromatic rings. The zero-order chi connectivity index (χ0) is 30.6. The Hall–Kier alpha value is -5.20. The highest BCUT2D eigenvalue weighted by Crippen LogP contribution is 2.50. The van der Waals surface area contributed by atoms with Crippen LogP contribution in [0.2, 0.25) is 0 Å². The zero-order valence-electron chi connectivity index (χ0n) is 24.8. The maximum Gasteiger partial charge on any atom is 0.0434 e. The Labute approximate surface area is 280 Å². The van der Waals surface area contributed by atoms with E-state index in [0.717, 1.165) is 0 Å². The number of aromatic nitrogens is 2. The van der Waals surface area contributed by atoms with Crippen molar-refractivity contribution in [3.05, 3.63) is 134 Å². The van der Waals surface area contributed by atoms with E-state index < -0.39 is 0 Å². The summed E-state index contributed by atoms with van der Waals surface area (Å²) in [5, 5.41) is 12.7. The third-order valence-corrected chi connectivity index (χ3v) is 13.2. The van der Waals surface area contributed by atoms with E-state index in [-0.39, 0.29) is 0 Å². The topological polar surface area (TPSA) is 25.8 Å². The van der Waals surface area contributed by atoms with Crippen molar-refractivity contribution in [2.75, 3.05) is 0 Å². The summed E-state index contributed by atoms with van der Waals surface area (Å²) in [4.78, 5) is 9.31. The molecule has 0 unspecified atom stereocenters. The maximum absolute atomic E-state index is 4.65. The fraction of sp³-hybridized carbons (Fsp3) is 0. The Morgan fingerprint density at radius 1 is 0.340 bits per heavy atom. The van der Waals surface area contributed by atoms with Crippen molar-refractivity contribution >= 4 is 116 Å². The minimum atomic E-state index is 1.19. The molecule has 5 aromatic heterocycles. The fourth-order valence-electron chi connectivity index (χ4n) is 7.64. The van der Waals surface area contributed by atoms with Crippen LogP contribution >= 0.6 is 34.0 Å². The van der Waals surface area contributed by atoms with Crippen LogP contribution in [0.4, 0.5) is 0 Å². The molecule has 218 valence electrons. The predicted octanol–water partition coefficient (Wildman–Crippen LogP) is 13.2. The summed E-state index contributed by atoms with van der Waals surface area (Å²) in [6.07, 6.45) is 7.99. The highest BCUT2D eigenvalue weighted by atomic mass is 32.1. The van der Waals surface area contributed by atoms with Crippen LogP contribution in [0.25, 0.3) is 104 Å². The maximum atomic E-state index is 4.65. The second-order valence-corrected chi connectivity index (χ2v) is 15.3. The fourth-order valence-corrected chi connectivity index (χ4v) is 11.3. The van der Waals surface area contributed by atoms with Gasteiger partial charge in [0.05, 0.1) is 0 Å². The predicted molar refractivity (Wildman–Crippen MR) is 207 cm³/mol. The van der Waals surface area contributed by atoms with Crippen LogP contribution in [-0.4, -0.2) is 9.97 Å². The van der Waals surface area contributed by atoms with Crippen LogP contribution in [-0.2, 0) is 0 Å². The second kappa shape index (κ2) is 9.66. The molecule has 0 radical (unpaired) electrons. The number of nitrogens with zero attached hydrogens (tertiary/aromatic N) is 2. The van der Waals surface area contributed by atoms with Crippen LogP contribution in [0.1, 0.15) is 0 Å². The lowest BCUT2D eigenvalue weighted by Crippen LogP contribution is -1.86. The van der Waals surface area contributed by atoms with Crippen molar-refractivity contribution in [1.29, 1.82) is 0 Å². The molecule has 0 fully saturated rings. The van der Waals surface area contributed by atoms with Crippen molar-refractivity contribution < 1.29 is 0 Å². The van der Waals surface area contributed by atoms with Gasteiger partial charge in [0.2, 0.25) is 0 Å². The van der Waals surface area contributed by atoms with Crippen molar-refractivity contribution in [2.24, 2.45) is 0 Å². The van der Waals surface area contributed by atoms with Gasteiger partial charge in [-0.2, -0.15) is 0 Å². The van der Waals surface area contributed by atoms with E-state index in [4.69, 9.17) is 0 Å². The van der Waals surface area contributed by atoms with Gasteiger partial charge in [-0.15, -0.1) is 34.0 Å². The summed E-state index contributed by atoms with van der Waals surface area (Å²) in [6, 6.07) is 40.2. The zero-order valence-corrected chi connectivity index (χ0v) is 27.3. The third kappa shape index (κ3) is 3.59. The molecule has 0 aliphatic heterocycles. The lowest BCUT2D eigenvalue weighted by atomic mass is 9.92. The molecule has 2 nitrogen and oxygen atoms in total. The smallest absolute Gasteiger partial charge is 0.0434 e. The molecule has 0 aliphatic rings. The van der Waals surface area contributed by atoms with Gasteiger partial charge >= 0.3 is 0 Å². The van der Waals surface area contributed by atoms with Gasteiger partial charge in [-0.05, 0) is 58.3 Å². The molecule has 11 rings (SSSR count). The molecular formula is C42H22N2S3. The van der Waals surface area contributed by atoms with E-state index in [1.807, 2.05) is 46.4 Å². The van der Waals surface area contributed by atoms with Crippen LogP contribution in [0.3, 0.4) is 0 Å². The molecule has 0 aliphatic carbocycles. The van der Waals surface area contributed by atoms with E-state index in [0.29, 0.717) is 0 Å². The number of thiophene rings is 3. The number of fused-ring (bicyclic) bond motifs is 13. The van der Waals surface area contributed by atoms with Gasteiger partial charge < -0.3 is 0 Å². The minimum Gasteiger partial charge on any atom is -0.264 e. The highest BCUT2D eigenvalue weighted by molar-refractivity contribution is 7.27. The van der Waals surface area contributed by atoms with Crippen LogP contribution in [0, 0.1) is 0 Å². The van der Waals surface area contributed by atoms with Gasteiger partial charge in [-0.1, -0.05) is 72.8 Å². The normalized spacial score (nSPS) is 12.3. The highest BCUT2D eigenvalue weighted by Gasteiger charge is 2.21. The molecule has 5 heteroatoms. The molecule has 6 aromatic carbocycles. The molecule has 0 bridgehead atoms. The molecule has 0 amide bonds. The molecular weight excluding hydrogens is 629 g/mol. The van der Waals surface area contributed by atoms with E-state index >= 15 is 0 Å². The average Bonchev–Trinajstić information content (AvgIpc) is 3.82. The van der Waals surface area contributed by atoms with Gasteiger partial charge in [0.25, 0.3) is 0 Å². The van der Waals surface area contributed by atoms with E-state index in [1.165, 1.54) is 104 Å². The number of hydrogen-bond donors (Lipinski definition) is 0. The standard InChI is InChI=1S/C42H22N2S3/c1-3-13-35-23(7-1)27-9-5-11-29(41(27)46-35)31-19-37-39(25-15-17-43-21-33(25)31)40-26-16-18-44-22-34(26)32(20-38(40)45-37)30-12-6-10-28-24-8-2-4-14-36(24)47-42(28)30/h1-22H. The molecule has 47 heavy (non-hydrogen) atoms. The van der Waals surface area contributed by atoms with Gasteiger partial charge in [0, 0.05) is 107 Å². The molecule has 5 heterocycles. The third-order valence-electron chi connectivity index (χ3n) is 9.66. The first-order valence-electron chi connectivity index (χ1n) is 15.6. The van der Waals surface area contributed by atoms with Crippen LogP contribution in [0.15, 0.2) is 134 Å². The number of rotatable bonds is 2. The first kappa shape index (κ1) is 25.9. The summed E-state index contributed by atoms with van der Waals surface area (Å²) in [7, 11) is 0. The van der Waals surface area contributed by atoms with Gasteiger partial charge in [0.1, 0.15) is 0 Å². The molecule has 0 spiro atoms. The van der Waals surface area contributed by atoms with E-state index in [9.17, 15) is 0 Å².